The maximum Gasteiger partial charge on any atom is 0.306 e. The van der Waals surface area contributed by atoms with Crippen LogP contribution < -0.4 is 0 Å². The minimum absolute atomic E-state index is 0.0752. The van der Waals surface area contributed by atoms with Crippen LogP contribution in [0, 0.1) is 0 Å². The molecule has 0 bridgehead atoms. The minimum Gasteiger partial charge on any atom is -0.462 e. The molecule has 0 aromatic rings. The average molecular weight is 773 g/mol. The molecule has 0 radical (unpaired) electrons. The van der Waals surface area contributed by atoms with Gasteiger partial charge in [-0.1, -0.05) is 218 Å². The lowest BCUT2D eigenvalue weighted by Gasteiger charge is -2.18. The third kappa shape index (κ3) is 42.6. The maximum atomic E-state index is 12.7. The maximum absolute atomic E-state index is 12.7. The molecule has 6 nitrogen and oxygen atoms in total. The lowest BCUT2D eigenvalue weighted by Crippen LogP contribution is -2.30. The molecule has 0 aliphatic rings. The van der Waals surface area contributed by atoms with E-state index in [1.165, 1.54) is 116 Å². The van der Waals surface area contributed by atoms with Crippen molar-refractivity contribution in [2.75, 3.05) is 13.2 Å². The van der Waals surface area contributed by atoms with E-state index in [0.717, 1.165) is 83.5 Å². The summed E-state index contributed by atoms with van der Waals surface area (Å²) in [4.78, 5) is 37.8. The number of unbranched alkanes of at least 4 members (excludes halogenated alkanes) is 27. The highest BCUT2D eigenvalue weighted by atomic mass is 16.6. The van der Waals surface area contributed by atoms with Crippen molar-refractivity contribution in [1.29, 1.82) is 0 Å². The van der Waals surface area contributed by atoms with Crippen LogP contribution in [0.5, 0.6) is 0 Å². The van der Waals surface area contributed by atoms with Crippen LogP contribution in [0.15, 0.2) is 36.5 Å². The fourth-order valence-corrected chi connectivity index (χ4v) is 6.68. The van der Waals surface area contributed by atoms with Crippen LogP contribution in [0.25, 0.3) is 0 Å². The second kappa shape index (κ2) is 44.3. The number of hydrogen-bond donors (Lipinski definition) is 0. The van der Waals surface area contributed by atoms with Gasteiger partial charge in [0.1, 0.15) is 13.2 Å². The summed E-state index contributed by atoms with van der Waals surface area (Å²) in [6.45, 7) is 6.48. The summed E-state index contributed by atoms with van der Waals surface area (Å²) < 4.78 is 16.7. The highest BCUT2D eigenvalue weighted by Gasteiger charge is 2.19. The first-order valence-corrected chi connectivity index (χ1v) is 23.5. The Bertz CT molecular complexity index is 938. The van der Waals surface area contributed by atoms with Crippen molar-refractivity contribution in [3.05, 3.63) is 36.5 Å². The smallest absolute Gasteiger partial charge is 0.306 e. The van der Waals surface area contributed by atoms with Gasteiger partial charge in [-0.3, -0.25) is 14.4 Å². The molecule has 55 heavy (non-hydrogen) atoms. The van der Waals surface area contributed by atoms with E-state index in [2.05, 4.69) is 57.2 Å². The summed E-state index contributed by atoms with van der Waals surface area (Å²) >= 11 is 0. The van der Waals surface area contributed by atoms with Gasteiger partial charge in [-0.05, 0) is 38.5 Å². The highest BCUT2D eigenvalue weighted by molar-refractivity contribution is 5.71. The Kier molecular flexibility index (Phi) is 42.4. The van der Waals surface area contributed by atoms with Crippen molar-refractivity contribution in [2.24, 2.45) is 0 Å². The third-order valence-corrected chi connectivity index (χ3v) is 10.2. The molecule has 0 saturated carbocycles. The summed E-state index contributed by atoms with van der Waals surface area (Å²) in [5, 5.41) is 0. The Morgan fingerprint density at radius 3 is 1.09 bits per heavy atom. The first kappa shape index (κ1) is 52.6. The number of carbonyl (C=O) groups is 3. The lowest BCUT2D eigenvalue weighted by atomic mass is 10.0. The van der Waals surface area contributed by atoms with Gasteiger partial charge in [0.05, 0.1) is 0 Å². The van der Waals surface area contributed by atoms with Gasteiger partial charge in [-0.25, -0.2) is 0 Å². The molecule has 0 rings (SSSR count). The van der Waals surface area contributed by atoms with E-state index in [4.69, 9.17) is 14.2 Å². The number of hydrogen-bond acceptors (Lipinski definition) is 6. The number of rotatable bonds is 42. The minimum atomic E-state index is -0.773. The van der Waals surface area contributed by atoms with E-state index in [0.29, 0.717) is 19.3 Å². The van der Waals surface area contributed by atoms with Crippen LogP contribution in [0.2, 0.25) is 0 Å². The molecule has 0 fully saturated rings. The Morgan fingerprint density at radius 1 is 0.382 bits per heavy atom. The van der Waals surface area contributed by atoms with Crippen LogP contribution in [-0.4, -0.2) is 37.2 Å². The summed E-state index contributed by atoms with van der Waals surface area (Å²) in [6, 6.07) is 0. The van der Waals surface area contributed by atoms with E-state index in [9.17, 15) is 14.4 Å². The molecule has 0 N–H and O–H groups in total. The van der Waals surface area contributed by atoms with Gasteiger partial charge in [-0.15, -0.1) is 0 Å². The topological polar surface area (TPSA) is 78.9 Å². The van der Waals surface area contributed by atoms with Crippen LogP contribution in [0.1, 0.15) is 239 Å². The monoisotopic (exact) mass is 773 g/mol. The van der Waals surface area contributed by atoms with E-state index in [-0.39, 0.29) is 31.1 Å². The predicted molar refractivity (Wildman–Crippen MR) is 233 cm³/mol. The van der Waals surface area contributed by atoms with E-state index < -0.39 is 6.10 Å². The number of carbonyl (C=O) groups excluding carboxylic acids is 3. The standard InChI is InChI=1S/C49H88O6/c1-4-7-10-13-16-19-22-25-28-30-33-36-39-42-48(51)54-45-46(55-49(52)43-40-37-34-31-27-24-21-18-15-12-9-6-3)44-53-47(50)41-38-35-32-29-26-23-20-17-14-11-8-5-2/h7,10,13,16,19,22,46H,4-6,8-9,11-12,14-15,17-18,20-21,23-45H2,1-3H3/b10-7-,16-13-,22-19-. The quantitative estimate of drug-likeness (QED) is 0.0266. The third-order valence-electron chi connectivity index (χ3n) is 10.2. The first-order valence-electron chi connectivity index (χ1n) is 23.5. The SMILES string of the molecule is CC\C=C/C=C\C=C/CCCCCCCC(=O)OCC(COC(=O)CCCCCCCCCCCCCC)OC(=O)CCCCCCCCCCCCCC. The Hall–Kier alpha value is -2.37. The van der Waals surface area contributed by atoms with Gasteiger partial charge >= 0.3 is 17.9 Å². The number of ether oxygens (including phenoxy) is 3. The molecule has 0 aliphatic heterocycles. The van der Waals surface area contributed by atoms with Crippen LogP contribution >= 0.6 is 0 Å². The van der Waals surface area contributed by atoms with E-state index in [1.807, 2.05) is 0 Å². The molecule has 0 spiro atoms. The molecule has 1 atom stereocenters. The molecule has 320 valence electrons. The second-order valence-corrected chi connectivity index (χ2v) is 15.7. The summed E-state index contributed by atoms with van der Waals surface area (Å²) in [6.07, 6.45) is 49.8. The van der Waals surface area contributed by atoms with Crippen molar-refractivity contribution in [3.8, 4) is 0 Å². The Balaban J connectivity index is 4.38. The van der Waals surface area contributed by atoms with Gasteiger partial charge < -0.3 is 14.2 Å². The average Bonchev–Trinajstić information content (AvgIpc) is 3.18. The molecule has 0 heterocycles. The zero-order valence-electron chi connectivity index (χ0n) is 36.4. The molecule has 0 aromatic carbocycles. The molecule has 0 saturated heterocycles. The molecule has 0 aliphatic carbocycles. The Morgan fingerprint density at radius 2 is 0.709 bits per heavy atom. The van der Waals surface area contributed by atoms with Gasteiger partial charge in [0.15, 0.2) is 6.10 Å². The molecular weight excluding hydrogens is 685 g/mol. The fraction of sp³-hybridized carbons (Fsp3) is 0.816. The fourth-order valence-electron chi connectivity index (χ4n) is 6.68. The highest BCUT2D eigenvalue weighted by Crippen LogP contribution is 2.15. The van der Waals surface area contributed by atoms with E-state index >= 15 is 0 Å². The van der Waals surface area contributed by atoms with Crippen LogP contribution in [0.4, 0.5) is 0 Å². The summed E-state index contributed by atoms with van der Waals surface area (Å²) in [7, 11) is 0. The number of allylic oxidation sites excluding steroid dienone is 6. The molecule has 1 unspecified atom stereocenters. The first-order chi connectivity index (χ1) is 27.0. The summed E-state index contributed by atoms with van der Waals surface area (Å²) in [5.41, 5.74) is 0. The molecule has 0 aromatic heterocycles. The van der Waals surface area contributed by atoms with Crippen molar-refractivity contribution in [1.82, 2.24) is 0 Å². The van der Waals surface area contributed by atoms with Crippen molar-refractivity contribution >= 4 is 17.9 Å². The zero-order valence-corrected chi connectivity index (χ0v) is 36.4. The Labute approximate surface area is 340 Å². The lowest BCUT2D eigenvalue weighted by molar-refractivity contribution is -0.167. The van der Waals surface area contributed by atoms with Crippen molar-refractivity contribution in [2.45, 2.75) is 245 Å². The zero-order chi connectivity index (χ0) is 40.1. The summed E-state index contributed by atoms with van der Waals surface area (Å²) in [5.74, 6) is -0.891. The van der Waals surface area contributed by atoms with E-state index in [1.54, 1.807) is 0 Å². The van der Waals surface area contributed by atoms with Crippen molar-refractivity contribution in [3.63, 3.8) is 0 Å². The van der Waals surface area contributed by atoms with Gasteiger partial charge in [0.2, 0.25) is 0 Å². The number of esters is 3. The second-order valence-electron chi connectivity index (χ2n) is 15.7. The molecule has 0 amide bonds. The van der Waals surface area contributed by atoms with Gasteiger partial charge in [-0.2, -0.15) is 0 Å². The van der Waals surface area contributed by atoms with Crippen LogP contribution in [0.3, 0.4) is 0 Å². The van der Waals surface area contributed by atoms with Crippen molar-refractivity contribution < 1.29 is 28.6 Å². The van der Waals surface area contributed by atoms with Gasteiger partial charge in [0, 0.05) is 19.3 Å². The largest absolute Gasteiger partial charge is 0.462 e. The van der Waals surface area contributed by atoms with Gasteiger partial charge in [0.25, 0.3) is 0 Å². The molecular formula is C49H88O6. The molecule has 6 heteroatoms. The normalized spacial score (nSPS) is 12.3. The van der Waals surface area contributed by atoms with Crippen LogP contribution in [-0.2, 0) is 28.6 Å². The predicted octanol–water partition coefficient (Wildman–Crippen LogP) is 15.0.